The zero-order valence-corrected chi connectivity index (χ0v) is 26.6. The maximum Gasteiger partial charge on any atom is 0.312 e. The van der Waals surface area contributed by atoms with E-state index in [0.29, 0.717) is 0 Å². The van der Waals surface area contributed by atoms with Crippen LogP contribution in [0.25, 0.3) is 0 Å². The molecule has 2 saturated heterocycles. The second kappa shape index (κ2) is 10.8. The molecular formula is C26H50O8Si2. The van der Waals surface area contributed by atoms with Gasteiger partial charge in [-0.1, -0.05) is 62.3 Å². The van der Waals surface area contributed by atoms with E-state index in [4.69, 9.17) is 23.1 Å². The normalized spacial score (nSPS) is 31.0. The first-order valence-corrected chi connectivity index (χ1v) is 18.2. The Hall–Kier alpha value is -0.786. The van der Waals surface area contributed by atoms with E-state index in [1.807, 2.05) is 0 Å². The van der Waals surface area contributed by atoms with Gasteiger partial charge in [-0.05, 0) is 34.8 Å². The third kappa shape index (κ3) is 4.98. The van der Waals surface area contributed by atoms with Gasteiger partial charge < -0.3 is 28.2 Å². The number of ether oxygens (including phenoxy) is 3. The molecule has 2 heterocycles. The lowest BCUT2D eigenvalue weighted by atomic mass is 9.69. The molecule has 210 valence electrons. The topological polar surface area (TPSA) is 101 Å². The highest BCUT2D eigenvalue weighted by Crippen LogP contribution is 2.56. The molecule has 0 unspecified atom stereocenters. The molecule has 0 radical (unpaired) electrons. The van der Waals surface area contributed by atoms with Crippen LogP contribution in [0.2, 0.25) is 34.8 Å². The zero-order valence-electron chi connectivity index (χ0n) is 24.6. The summed E-state index contributed by atoms with van der Waals surface area (Å²) in [4.78, 5) is 26.2. The standard InChI is InChI=1S/C26H50O8Si2/c1-15(2)36(16(3)4,17(5)6)32-14-26-19(24(29)31-11)18(23(28)30-10)20(33-26)21(22(26)27)34-35(12,13)25(7,8)9/h15-22,27H,14H2,1-13H3/t18-,19-,20-,21-,22-,26+/m0/s1. The molecule has 0 aliphatic carbocycles. The Balaban J connectivity index is 2.63. The van der Waals surface area contributed by atoms with Crippen molar-refractivity contribution in [3.8, 4) is 0 Å². The van der Waals surface area contributed by atoms with Crippen LogP contribution in [0.15, 0.2) is 0 Å². The SMILES string of the molecule is COC(=O)[C@@H]1[C@@H]2O[C@](CO[Si](C(C)C)(C(C)C)C(C)C)([C@@H]1C(=O)OC)[C@@H](O)[C@H]2O[Si](C)(C)C(C)(C)C. The zero-order chi connectivity index (χ0) is 28.0. The van der Waals surface area contributed by atoms with Gasteiger partial charge in [0, 0.05) is 0 Å². The quantitative estimate of drug-likeness (QED) is 0.312. The summed E-state index contributed by atoms with van der Waals surface area (Å²) in [6.07, 6.45) is -2.80. The van der Waals surface area contributed by atoms with Crippen LogP contribution in [0.4, 0.5) is 0 Å². The molecule has 0 aromatic heterocycles. The maximum absolute atomic E-state index is 13.2. The maximum atomic E-state index is 13.2. The molecule has 8 nitrogen and oxygen atoms in total. The average molecular weight is 547 g/mol. The second-order valence-electron chi connectivity index (χ2n) is 13.0. The Kier molecular flexibility index (Phi) is 9.40. The fraction of sp³-hybridized carbons (Fsp3) is 0.923. The molecule has 0 aromatic rings. The first-order valence-electron chi connectivity index (χ1n) is 13.2. The largest absolute Gasteiger partial charge is 0.469 e. The van der Waals surface area contributed by atoms with E-state index in [0.717, 1.165) is 0 Å². The minimum atomic E-state index is -2.39. The van der Waals surface area contributed by atoms with Crippen molar-refractivity contribution >= 4 is 28.6 Å². The minimum Gasteiger partial charge on any atom is -0.469 e. The van der Waals surface area contributed by atoms with E-state index >= 15 is 0 Å². The van der Waals surface area contributed by atoms with Crippen molar-refractivity contribution in [2.75, 3.05) is 20.8 Å². The molecule has 36 heavy (non-hydrogen) atoms. The minimum absolute atomic E-state index is 0.0178. The van der Waals surface area contributed by atoms with Gasteiger partial charge in [-0.15, -0.1) is 0 Å². The molecule has 6 atom stereocenters. The van der Waals surface area contributed by atoms with Crippen molar-refractivity contribution in [2.45, 2.75) is 121 Å². The van der Waals surface area contributed by atoms with Crippen LogP contribution in [0.5, 0.6) is 0 Å². The molecular weight excluding hydrogens is 496 g/mol. The molecule has 2 fully saturated rings. The number of fused-ring (bicyclic) bond motifs is 2. The molecule has 0 spiro atoms. The third-order valence-corrected chi connectivity index (χ3v) is 19.7. The second-order valence-corrected chi connectivity index (χ2v) is 23.2. The van der Waals surface area contributed by atoms with Gasteiger partial charge in [-0.3, -0.25) is 9.59 Å². The van der Waals surface area contributed by atoms with Crippen LogP contribution < -0.4 is 0 Å². The van der Waals surface area contributed by atoms with Gasteiger partial charge in [-0.2, -0.15) is 0 Å². The lowest BCUT2D eigenvalue weighted by Gasteiger charge is -2.47. The van der Waals surface area contributed by atoms with E-state index in [-0.39, 0.29) is 28.3 Å². The van der Waals surface area contributed by atoms with E-state index in [2.05, 4.69) is 75.4 Å². The number of hydrogen-bond acceptors (Lipinski definition) is 8. The van der Waals surface area contributed by atoms with Crippen molar-refractivity contribution in [1.82, 2.24) is 0 Å². The summed E-state index contributed by atoms with van der Waals surface area (Å²) < 4.78 is 30.3. The van der Waals surface area contributed by atoms with E-state index in [1.54, 1.807) is 0 Å². The van der Waals surface area contributed by atoms with Crippen LogP contribution in [-0.4, -0.2) is 78.4 Å². The van der Waals surface area contributed by atoms with Crippen molar-refractivity contribution in [2.24, 2.45) is 11.8 Å². The van der Waals surface area contributed by atoms with Crippen LogP contribution >= 0.6 is 0 Å². The third-order valence-electron chi connectivity index (χ3n) is 9.15. The number of rotatable bonds is 10. The number of methoxy groups -OCH3 is 2. The molecule has 0 amide bonds. The van der Waals surface area contributed by atoms with E-state index in [1.165, 1.54) is 14.2 Å². The number of aliphatic hydroxyl groups excluding tert-OH is 1. The summed E-state index contributed by atoms with van der Waals surface area (Å²) >= 11 is 0. The van der Waals surface area contributed by atoms with Gasteiger partial charge in [0.15, 0.2) is 16.6 Å². The Labute approximate surface area is 220 Å². The van der Waals surface area contributed by atoms with Gasteiger partial charge in [0.25, 0.3) is 0 Å². The van der Waals surface area contributed by atoms with Crippen molar-refractivity contribution in [3.63, 3.8) is 0 Å². The fourth-order valence-corrected chi connectivity index (χ4v) is 13.1. The lowest BCUT2D eigenvalue weighted by molar-refractivity contribution is -0.171. The average Bonchev–Trinajstić information content (AvgIpc) is 3.22. The van der Waals surface area contributed by atoms with E-state index in [9.17, 15) is 14.7 Å². The first-order chi connectivity index (χ1) is 16.4. The Morgan fingerprint density at radius 1 is 0.944 bits per heavy atom. The smallest absolute Gasteiger partial charge is 0.312 e. The molecule has 0 saturated carbocycles. The predicted octanol–water partition coefficient (Wildman–Crippen LogP) is 4.66. The molecule has 2 aliphatic heterocycles. The summed E-state index contributed by atoms with van der Waals surface area (Å²) in [7, 11) is -2.19. The summed E-state index contributed by atoms with van der Waals surface area (Å²) in [5, 5.41) is 11.7. The van der Waals surface area contributed by atoms with E-state index < -0.39 is 64.3 Å². The summed E-state index contributed by atoms with van der Waals surface area (Å²) in [6, 6.07) is 0. The Morgan fingerprint density at radius 2 is 1.42 bits per heavy atom. The molecule has 2 bridgehead atoms. The van der Waals surface area contributed by atoms with Gasteiger partial charge >= 0.3 is 11.9 Å². The lowest BCUT2D eigenvalue weighted by Crippen LogP contribution is -2.64. The van der Waals surface area contributed by atoms with Gasteiger partial charge in [0.2, 0.25) is 0 Å². The monoisotopic (exact) mass is 546 g/mol. The number of carbonyl (C=O) groups excluding carboxylic acids is 2. The number of aliphatic hydroxyl groups is 1. The van der Waals surface area contributed by atoms with Gasteiger partial charge in [-0.25, -0.2) is 0 Å². The van der Waals surface area contributed by atoms with Crippen LogP contribution in [0, 0.1) is 11.8 Å². The molecule has 2 rings (SSSR count). The van der Waals surface area contributed by atoms with Crippen molar-refractivity contribution in [1.29, 1.82) is 0 Å². The predicted molar refractivity (Wildman–Crippen MR) is 144 cm³/mol. The first kappa shape index (κ1) is 31.4. The number of esters is 2. The summed E-state index contributed by atoms with van der Waals surface area (Å²) in [5.74, 6) is -3.22. The Bertz CT molecular complexity index is 784. The summed E-state index contributed by atoms with van der Waals surface area (Å²) in [5.41, 5.74) is -0.605. The summed E-state index contributed by atoms with van der Waals surface area (Å²) in [6.45, 7) is 23.5. The molecule has 1 N–H and O–H groups in total. The van der Waals surface area contributed by atoms with Crippen molar-refractivity contribution < 1.29 is 37.8 Å². The fourth-order valence-electron chi connectivity index (χ4n) is 6.35. The highest BCUT2D eigenvalue weighted by molar-refractivity contribution is 6.77. The molecule has 0 aromatic carbocycles. The number of hydrogen-bond donors (Lipinski definition) is 1. The molecule has 10 heteroatoms. The van der Waals surface area contributed by atoms with Crippen LogP contribution in [0.3, 0.4) is 0 Å². The highest BCUT2D eigenvalue weighted by atomic mass is 28.4. The van der Waals surface area contributed by atoms with Gasteiger partial charge in [0.05, 0.1) is 20.8 Å². The molecule has 2 aliphatic rings. The van der Waals surface area contributed by atoms with Crippen LogP contribution in [-0.2, 0) is 32.7 Å². The van der Waals surface area contributed by atoms with Gasteiger partial charge in [0.1, 0.15) is 35.7 Å². The van der Waals surface area contributed by atoms with Crippen LogP contribution in [0.1, 0.15) is 62.3 Å². The Morgan fingerprint density at radius 3 is 1.81 bits per heavy atom. The number of carbonyl (C=O) groups is 2. The van der Waals surface area contributed by atoms with Crippen molar-refractivity contribution in [3.05, 3.63) is 0 Å². The highest BCUT2D eigenvalue weighted by Gasteiger charge is 2.74.